The standard InChI is InChI=1S/C21H25N3O/c1-23(16-19-6-3-2-4-7-19)20-8-5-15-24(17-20)21(25)10-9-18-11-13-22-14-12-18/h2-4,6-7,9-14,20H,5,8,15-17H2,1H3. The van der Waals surface area contributed by atoms with Crippen molar-refractivity contribution in [3.05, 3.63) is 72.1 Å². The van der Waals surface area contributed by atoms with Gasteiger partial charge in [-0.3, -0.25) is 14.7 Å². The van der Waals surface area contributed by atoms with Gasteiger partial charge in [0.1, 0.15) is 0 Å². The molecule has 0 spiro atoms. The van der Waals surface area contributed by atoms with Gasteiger partial charge in [-0.1, -0.05) is 30.3 Å². The molecule has 0 N–H and O–H groups in total. The molecule has 1 amide bonds. The quantitative estimate of drug-likeness (QED) is 0.787. The van der Waals surface area contributed by atoms with Crippen LogP contribution in [-0.2, 0) is 11.3 Å². The van der Waals surface area contributed by atoms with Gasteiger partial charge in [-0.25, -0.2) is 0 Å². The smallest absolute Gasteiger partial charge is 0.246 e. The highest BCUT2D eigenvalue weighted by atomic mass is 16.2. The summed E-state index contributed by atoms with van der Waals surface area (Å²) in [5.41, 5.74) is 2.31. The van der Waals surface area contributed by atoms with E-state index < -0.39 is 0 Å². The van der Waals surface area contributed by atoms with Crippen LogP contribution in [0.2, 0.25) is 0 Å². The van der Waals surface area contributed by atoms with Gasteiger partial charge in [0, 0.05) is 44.1 Å². The van der Waals surface area contributed by atoms with Gasteiger partial charge in [0.25, 0.3) is 0 Å². The first-order valence-corrected chi connectivity index (χ1v) is 8.83. The molecule has 1 atom stereocenters. The molecule has 3 rings (SSSR count). The predicted octanol–water partition coefficient (Wildman–Crippen LogP) is 3.22. The molecule has 1 aliphatic heterocycles. The van der Waals surface area contributed by atoms with E-state index >= 15 is 0 Å². The van der Waals surface area contributed by atoms with Crippen LogP contribution in [0, 0.1) is 0 Å². The average Bonchev–Trinajstić information content (AvgIpc) is 2.68. The number of hydrogen-bond donors (Lipinski definition) is 0. The van der Waals surface area contributed by atoms with Gasteiger partial charge < -0.3 is 4.90 Å². The summed E-state index contributed by atoms with van der Waals surface area (Å²) >= 11 is 0. The number of amides is 1. The Hall–Kier alpha value is -2.46. The lowest BCUT2D eigenvalue weighted by Crippen LogP contribution is -2.47. The highest BCUT2D eigenvalue weighted by Crippen LogP contribution is 2.17. The Balaban J connectivity index is 1.57. The summed E-state index contributed by atoms with van der Waals surface area (Å²) in [6, 6.07) is 14.7. The maximum absolute atomic E-state index is 12.5. The number of benzene rings is 1. The van der Waals surface area contributed by atoms with Crippen LogP contribution >= 0.6 is 0 Å². The zero-order valence-corrected chi connectivity index (χ0v) is 14.7. The highest BCUT2D eigenvalue weighted by molar-refractivity contribution is 5.91. The minimum absolute atomic E-state index is 0.0922. The number of likely N-dealkylation sites (N-methyl/N-ethyl adjacent to an activating group) is 1. The summed E-state index contributed by atoms with van der Waals surface area (Å²) in [7, 11) is 2.15. The van der Waals surface area contributed by atoms with E-state index in [4.69, 9.17) is 0 Å². The minimum Gasteiger partial charge on any atom is -0.338 e. The molecule has 0 aliphatic carbocycles. The largest absolute Gasteiger partial charge is 0.338 e. The molecule has 0 saturated carbocycles. The zero-order valence-electron chi connectivity index (χ0n) is 14.7. The zero-order chi connectivity index (χ0) is 17.5. The van der Waals surface area contributed by atoms with E-state index in [1.807, 2.05) is 29.2 Å². The Kier molecular flexibility index (Phi) is 5.96. The monoisotopic (exact) mass is 335 g/mol. The second-order valence-electron chi connectivity index (χ2n) is 6.59. The van der Waals surface area contributed by atoms with Crippen molar-refractivity contribution in [3.63, 3.8) is 0 Å². The lowest BCUT2D eigenvalue weighted by atomic mass is 10.0. The number of carbonyl (C=O) groups is 1. The predicted molar refractivity (Wildman–Crippen MR) is 101 cm³/mol. The number of carbonyl (C=O) groups excluding carboxylic acids is 1. The first kappa shape index (κ1) is 17.4. The maximum atomic E-state index is 12.5. The van der Waals surface area contributed by atoms with Crippen LogP contribution in [0.5, 0.6) is 0 Å². The van der Waals surface area contributed by atoms with Gasteiger partial charge in [-0.2, -0.15) is 0 Å². The van der Waals surface area contributed by atoms with Crippen LogP contribution < -0.4 is 0 Å². The number of rotatable bonds is 5. The maximum Gasteiger partial charge on any atom is 0.246 e. The molecule has 4 heteroatoms. The molecule has 1 aliphatic rings. The second-order valence-corrected chi connectivity index (χ2v) is 6.59. The lowest BCUT2D eigenvalue weighted by molar-refractivity contribution is -0.128. The fourth-order valence-electron chi connectivity index (χ4n) is 3.26. The van der Waals surface area contributed by atoms with Gasteiger partial charge >= 0.3 is 0 Å². The Morgan fingerprint density at radius 1 is 1.24 bits per heavy atom. The average molecular weight is 335 g/mol. The van der Waals surface area contributed by atoms with Gasteiger partial charge in [0.15, 0.2) is 0 Å². The Bertz CT molecular complexity index is 700. The van der Waals surface area contributed by atoms with E-state index in [2.05, 4.69) is 41.2 Å². The SMILES string of the molecule is CN(Cc1ccccc1)C1CCCN(C(=O)C=Cc2ccncc2)C1. The van der Waals surface area contributed by atoms with Crippen molar-refractivity contribution in [1.29, 1.82) is 0 Å². The summed E-state index contributed by atoms with van der Waals surface area (Å²) in [5.74, 6) is 0.0922. The van der Waals surface area contributed by atoms with Gasteiger partial charge in [-0.05, 0) is 49.2 Å². The number of hydrogen-bond acceptors (Lipinski definition) is 3. The van der Waals surface area contributed by atoms with Gasteiger partial charge in [-0.15, -0.1) is 0 Å². The molecule has 1 fully saturated rings. The molecule has 0 bridgehead atoms. The van der Waals surface area contributed by atoms with Crippen LogP contribution in [0.1, 0.15) is 24.0 Å². The third-order valence-corrected chi connectivity index (χ3v) is 4.73. The third kappa shape index (κ3) is 5.00. The van der Waals surface area contributed by atoms with Crippen LogP contribution in [-0.4, -0.2) is 46.9 Å². The Morgan fingerprint density at radius 2 is 2.00 bits per heavy atom. The van der Waals surface area contributed by atoms with Crippen molar-refractivity contribution < 1.29 is 4.79 Å². The molecule has 25 heavy (non-hydrogen) atoms. The molecule has 1 unspecified atom stereocenters. The summed E-state index contributed by atoms with van der Waals surface area (Å²) in [5, 5.41) is 0. The van der Waals surface area contributed by atoms with E-state index in [0.29, 0.717) is 6.04 Å². The van der Waals surface area contributed by atoms with Crippen molar-refractivity contribution in [3.8, 4) is 0 Å². The molecular formula is C21H25N3O. The molecule has 1 aromatic heterocycles. The molecule has 1 aromatic carbocycles. The van der Waals surface area contributed by atoms with Gasteiger partial charge in [0.05, 0.1) is 0 Å². The van der Waals surface area contributed by atoms with Crippen LogP contribution in [0.25, 0.3) is 6.08 Å². The summed E-state index contributed by atoms with van der Waals surface area (Å²) in [6.07, 6.45) is 9.20. The normalized spacial score (nSPS) is 18.0. The third-order valence-electron chi connectivity index (χ3n) is 4.73. The van der Waals surface area contributed by atoms with E-state index in [9.17, 15) is 4.79 Å². The number of aromatic nitrogens is 1. The van der Waals surface area contributed by atoms with Crippen LogP contribution in [0.15, 0.2) is 60.9 Å². The van der Waals surface area contributed by atoms with E-state index in [0.717, 1.165) is 38.0 Å². The molecule has 4 nitrogen and oxygen atoms in total. The number of pyridine rings is 1. The Labute approximate surface area is 149 Å². The number of nitrogens with zero attached hydrogens (tertiary/aromatic N) is 3. The van der Waals surface area contributed by atoms with Crippen molar-refractivity contribution >= 4 is 12.0 Å². The molecule has 130 valence electrons. The molecule has 1 saturated heterocycles. The second kappa shape index (κ2) is 8.58. The van der Waals surface area contributed by atoms with Crippen LogP contribution in [0.3, 0.4) is 0 Å². The van der Waals surface area contributed by atoms with Crippen molar-refractivity contribution in [2.75, 3.05) is 20.1 Å². The van der Waals surface area contributed by atoms with E-state index in [-0.39, 0.29) is 5.91 Å². The molecule has 2 heterocycles. The van der Waals surface area contributed by atoms with Crippen LogP contribution in [0.4, 0.5) is 0 Å². The molecular weight excluding hydrogens is 310 g/mol. The number of piperidine rings is 1. The van der Waals surface area contributed by atoms with Crippen molar-refractivity contribution in [2.45, 2.75) is 25.4 Å². The van der Waals surface area contributed by atoms with Crippen molar-refractivity contribution in [2.24, 2.45) is 0 Å². The van der Waals surface area contributed by atoms with E-state index in [1.165, 1.54) is 5.56 Å². The summed E-state index contributed by atoms with van der Waals surface area (Å²) in [4.78, 5) is 20.8. The topological polar surface area (TPSA) is 36.4 Å². The molecule has 2 aromatic rings. The first-order chi connectivity index (χ1) is 12.2. The molecule has 0 radical (unpaired) electrons. The Morgan fingerprint density at radius 3 is 2.76 bits per heavy atom. The summed E-state index contributed by atoms with van der Waals surface area (Å²) in [6.45, 7) is 2.55. The highest BCUT2D eigenvalue weighted by Gasteiger charge is 2.25. The number of likely N-dealkylation sites (tertiary alicyclic amines) is 1. The summed E-state index contributed by atoms with van der Waals surface area (Å²) < 4.78 is 0. The van der Waals surface area contributed by atoms with Crippen molar-refractivity contribution in [1.82, 2.24) is 14.8 Å². The van der Waals surface area contributed by atoms with Gasteiger partial charge in [0.2, 0.25) is 5.91 Å². The minimum atomic E-state index is 0.0922. The first-order valence-electron chi connectivity index (χ1n) is 8.83. The fourth-order valence-corrected chi connectivity index (χ4v) is 3.26. The fraction of sp³-hybridized carbons (Fsp3) is 0.333. The van der Waals surface area contributed by atoms with E-state index in [1.54, 1.807) is 18.5 Å². The lowest BCUT2D eigenvalue weighted by Gasteiger charge is -2.37.